The maximum Gasteiger partial charge on any atom is 0.236 e. The molecule has 0 aliphatic carbocycles. The molecule has 0 atom stereocenters. The molecular formula is C13H16N4OS. The van der Waals surface area contributed by atoms with Crippen LogP contribution in [0.2, 0.25) is 0 Å². The van der Waals surface area contributed by atoms with E-state index in [1.54, 1.807) is 6.20 Å². The molecule has 0 radical (unpaired) electrons. The number of rotatable bonds is 4. The Bertz CT molecular complexity index is 575. The number of aromatic amines is 1. The highest BCUT2D eigenvalue weighted by molar-refractivity contribution is 7.99. The van der Waals surface area contributed by atoms with Crippen LogP contribution in [-0.2, 0) is 4.79 Å². The number of nitrogens with zero attached hydrogens (tertiary/aromatic N) is 2. The van der Waals surface area contributed by atoms with Crippen molar-refractivity contribution in [3.8, 4) is 0 Å². The molecule has 5 nitrogen and oxygen atoms in total. The third-order valence-electron chi connectivity index (χ3n) is 2.63. The van der Waals surface area contributed by atoms with Crippen LogP contribution in [0.15, 0.2) is 23.5 Å². The summed E-state index contributed by atoms with van der Waals surface area (Å²) in [4.78, 5) is 23.3. The number of aromatic nitrogens is 3. The number of imidazole rings is 1. The molecule has 0 aliphatic rings. The van der Waals surface area contributed by atoms with Gasteiger partial charge in [-0.2, -0.15) is 0 Å². The van der Waals surface area contributed by atoms with E-state index in [-0.39, 0.29) is 5.91 Å². The Labute approximate surface area is 116 Å². The topological polar surface area (TPSA) is 70.7 Å². The summed E-state index contributed by atoms with van der Waals surface area (Å²) in [6.45, 7) is 5.86. The van der Waals surface area contributed by atoms with E-state index in [0.717, 1.165) is 22.1 Å². The second-order valence-corrected chi connectivity index (χ2v) is 5.27. The Kier molecular flexibility index (Phi) is 4.21. The molecule has 2 aromatic heterocycles. The van der Waals surface area contributed by atoms with E-state index in [1.165, 1.54) is 11.8 Å². The third kappa shape index (κ3) is 3.82. The van der Waals surface area contributed by atoms with Gasteiger partial charge in [-0.1, -0.05) is 11.8 Å². The summed E-state index contributed by atoms with van der Waals surface area (Å²) in [7, 11) is 0. The van der Waals surface area contributed by atoms with Gasteiger partial charge in [0.1, 0.15) is 5.82 Å². The van der Waals surface area contributed by atoms with E-state index in [0.29, 0.717) is 11.6 Å². The number of H-pyrrole nitrogens is 1. The third-order valence-corrected chi connectivity index (χ3v) is 3.50. The minimum absolute atomic E-state index is 0.0881. The average molecular weight is 276 g/mol. The lowest BCUT2D eigenvalue weighted by Crippen LogP contribution is -2.15. The Morgan fingerprint density at radius 2 is 2.21 bits per heavy atom. The van der Waals surface area contributed by atoms with Crippen LogP contribution in [0.4, 0.5) is 5.82 Å². The molecule has 2 rings (SSSR count). The summed E-state index contributed by atoms with van der Waals surface area (Å²) in [6, 6.07) is 3.72. The molecule has 100 valence electrons. The second-order valence-electron chi connectivity index (χ2n) is 4.31. The minimum Gasteiger partial charge on any atom is -0.337 e. The highest BCUT2D eigenvalue weighted by Crippen LogP contribution is 2.16. The van der Waals surface area contributed by atoms with Gasteiger partial charge in [-0.3, -0.25) is 4.79 Å². The summed E-state index contributed by atoms with van der Waals surface area (Å²) in [5.41, 5.74) is 3.06. The Balaban J connectivity index is 1.88. The number of hydrogen-bond acceptors (Lipinski definition) is 4. The van der Waals surface area contributed by atoms with E-state index < -0.39 is 0 Å². The van der Waals surface area contributed by atoms with Crippen molar-refractivity contribution in [3.63, 3.8) is 0 Å². The maximum absolute atomic E-state index is 11.8. The molecule has 0 spiro atoms. The number of anilines is 1. The van der Waals surface area contributed by atoms with Crippen LogP contribution < -0.4 is 5.32 Å². The molecular weight excluding hydrogens is 260 g/mol. The zero-order valence-corrected chi connectivity index (χ0v) is 12.0. The van der Waals surface area contributed by atoms with E-state index in [2.05, 4.69) is 20.3 Å². The van der Waals surface area contributed by atoms with Crippen LogP contribution in [0, 0.1) is 20.8 Å². The van der Waals surface area contributed by atoms with Gasteiger partial charge in [0.15, 0.2) is 5.16 Å². The van der Waals surface area contributed by atoms with Crippen LogP contribution in [0.1, 0.15) is 17.0 Å². The maximum atomic E-state index is 11.8. The van der Waals surface area contributed by atoms with Crippen molar-refractivity contribution in [3.05, 3.63) is 35.3 Å². The van der Waals surface area contributed by atoms with Gasteiger partial charge in [0.25, 0.3) is 0 Å². The van der Waals surface area contributed by atoms with E-state index in [4.69, 9.17) is 0 Å². The van der Waals surface area contributed by atoms with Gasteiger partial charge in [-0.15, -0.1) is 0 Å². The van der Waals surface area contributed by atoms with Crippen LogP contribution in [0.25, 0.3) is 0 Å². The molecule has 2 heterocycles. The van der Waals surface area contributed by atoms with Gasteiger partial charge in [0.05, 0.1) is 11.4 Å². The van der Waals surface area contributed by atoms with Crippen molar-refractivity contribution in [2.75, 3.05) is 11.1 Å². The predicted molar refractivity (Wildman–Crippen MR) is 76.4 cm³/mol. The number of nitrogens with one attached hydrogen (secondary N) is 2. The van der Waals surface area contributed by atoms with E-state index >= 15 is 0 Å². The first-order valence-corrected chi connectivity index (χ1v) is 6.91. The number of carbonyl (C=O) groups is 1. The molecule has 2 N–H and O–H groups in total. The highest BCUT2D eigenvalue weighted by Gasteiger charge is 2.08. The normalized spacial score (nSPS) is 10.5. The molecule has 0 saturated heterocycles. The monoisotopic (exact) mass is 276 g/mol. The number of thioether (sulfide) groups is 1. The van der Waals surface area contributed by atoms with Crippen molar-refractivity contribution in [1.82, 2.24) is 15.0 Å². The first-order valence-electron chi connectivity index (χ1n) is 5.93. The molecule has 6 heteroatoms. The number of aryl methyl sites for hydroxylation is 3. The standard InChI is InChI=1S/C13H16N4OS/c1-8-4-5-14-11(6-8)17-12(18)7-19-13-15-9(2)10(3)16-13/h4-6H,7H2,1-3H3,(H,15,16)(H,14,17,18). The summed E-state index contributed by atoms with van der Waals surface area (Å²) in [5.74, 6) is 0.800. The van der Waals surface area contributed by atoms with Crippen molar-refractivity contribution in [1.29, 1.82) is 0 Å². The lowest BCUT2D eigenvalue weighted by atomic mass is 10.3. The zero-order chi connectivity index (χ0) is 13.8. The molecule has 0 unspecified atom stereocenters. The lowest BCUT2D eigenvalue weighted by Gasteiger charge is -2.03. The smallest absolute Gasteiger partial charge is 0.236 e. The molecule has 0 bridgehead atoms. The summed E-state index contributed by atoms with van der Waals surface area (Å²) in [5, 5.41) is 3.53. The second kappa shape index (κ2) is 5.88. The van der Waals surface area contributed by atoms with Crippen LogP contribution >= 0.6 is 11.8 Å². The molecule has 19 heavy (non-hydrogen) atoms. The SMILES string of the molecule is Cc1ccnc(NC(=O)CSc2nc(C)c(C)[nH]2)c1. The zero-order valence-electron chi connectivity index (χ0n) is 11.2. The van der Waals surface area contributed by atoms with Gasteiger partial charge in [0, 0.05) is 11.9 Å². The Morgan fingerprint density at radius 3 is 2.84 bits per heavy atom. The van der Waals surface area contributed by atoms with Crippen LogP contribution in [0.5, 0.6) is 0 Å². The number of pyridine rings is 1. The molecule has 0 saturated carbocycles. The molecule has 1 amide bonds. The predicted octanol–water partition coefficient (Wildman–Crippen LogP) is 2.46. The Hall–Kier alpha value is -1.82. The van der Waals surface area contributed by atoms with E-state index in [1.807, 2.05) is 32.9 Å². The molecule has 0 aromatic carbocycles. The lowest BCUT2D eigenvalue weighted by molar-refractivity contribution is -0.113. The average Bonchev–Trinajstić information content (AvgIpc) is 2.66. The minimum atomic E-state index is -0.0881. The van der Waals surface area contributed by atoms with Gasteiger partial charge in [-0.25, -0.2) is 9.97 Å². The van der Waals surface area contributed by atoms with Crippen LogP contribution in [0.3, 0.4) is 0 Å². The van der Waals surface area contributed by atoms with Gasteiger partial charge in [0.2, 0.25) is 5.91 Å². The molecule has 2 aromatic rings. The van der Waals surface area contributed by atoms with E-state index in [9.17, 15) is 4.79 Å². The Morgan fingerprint density at radius 1 is 1.42 bits per heavy atom. The number of hydrogen-bond donors (Lipinski definition) is 2. The van der Waals surface area contributed by atoms with Crippen molar-refractivity contribution in [2.45, 2.75) is 25.9 Å². The van der Waals surface area contributed by atoms with Crippen molar-refractivity contribution in [2.24, 2.45) is 0 Å². The van der Waals surface area contributed by atoms with Gasteiger partial charge in [-0.05, 0) is 38.5 Å². The molecule has 0 aliphatic heterocycles. The fourth-order valence-corrected chi connectivity index (χ4v) is 2.27. The molecule has 0 fully saturated rings. The number of carbonyl (C=O) groups excluding carboxylic acids is 1. The first kappa shape index (κ1) is 13.6. The summed E-state index contributed by atoms with van der Waals surface area (Å²) < 4.78 is 0. The first-order chi connectivity index (χ1) is 9.04. The quantitative estimate of drug-likeness (QED) is 0.842. The van der Waals surface area contributed by atoms with Gasteiger partial charge < -0.3 is 10.3 Å². The highest BCUT2D eigenvalue weighted by atomic mass is 32.2. The summed E-state index contributed by atoms with van der Waals surface area (Å²) >= 11 is 1.38. The fraction of sp³-hybridized carbons (Fsp3) is 0.308. The summed E-state index contributed by atoms with van der Waals surface area (Å²) in [6.07, 6.45) is 1.68. The largest absolute Gasteiger partial charge is 0.337 e. The van der Waals surface area contributed by atoms with Crippen molar-refractivity contribution >= 4 is 23.5 Å². The van der Waals surface area contributed by atoms with Gasteiger partial charge >= 0.3 is 0 Å². The fourth-order valence-electron chi connectivity index (χ4n) is 1.50. The van der Waals surface area contributed by atoms with Crippen LogP contribution in [-0.4, -0.2) is 26.6 Å². The van der Waals surface area contributed by atoms with Crippen molar-refractivity contribution < 1.29 is 4.79 Å². The number of amides is 1.